The van der Waals surface area contributed by atoms with Crippen molar-refractivity contribution in [2.24, 2.45) is 5.92 Å². The van der Waals surface area contributed by atoms with E-state index in [1.54, 1.807) is 0 Å². The maximum Gasteiger partial charge on any atom is 0.243 e. The van der Waals surface area contributed by atoms with Crippen LogP contribution in [0.15, 0.2) is 53.4 Å². The molecule has 2 atom stereocenters. The van der Waals surface area contributed by atoms with Crippen LogP contribution in [0.5, 0.6) is 0 Å². The maximum atomic E-state index is 13.1. The van der Waals surface area contributed by atoms with Crippen LogP contribution in [0.1, 0.15) is 43.4 Å². The van der Waals surface area contributed by atoms with Crippen molar-refractivity contribution in [3.8, 4) is 0 Å². The van der Waals surface area contributed by atoms with Crippen molar-refractivity contribution >= 4 is 15.9 Å². The lowest BCUT2D eigenvalue weighted by Gasteiger charge is -2.32. The van der Waals surface area contributed by atoms with Gasteiger partial charge in [-0.15, -0.1) is 0 Å². The van der Waals surface area contributed by atoms with Gasteiger partial charge in [0.15, 0.2) is 0 Å². The van der Waals surface area contributed by atoms with E-state index in [4.69, 9.17) is 0 Å². The third-order valence-electron chi connectivity index (χ3n) is 5.41. The van der Waals surface area contributed by atoms with Crippen molar-refractivity contribution in [3.05, 3.63) is 65.5 Å². The van der Waals surface area contributed by atoms with E-state index >= 15 is 0 Å². The number of halogens is 1. The SMILES string of the molecule is CCC(NC(=O)C1CCCN(S(=O)(=O)c2ccc(F)cc2)C1)c1ccc(C)cc1. The van der Waals surface area contributed by atoms with Gasteiger partial charge in [0.25, 0.3) is 0 Å². The van der Waals surface area contributed by atoms with Gasteiger partial charge in [0.1, 0.15) is 5.82 Å². The number of carbonyl (C=O) groups excluding carboxylic acids is 1. The molecule has 29 heavy (non-hydrogen) atoms. The van der Waals surface area contributed by atoms with Gasteiger partial charge in [-0.05, 0) is 56.0 Å². The number of carbonyl (C=O) groups is 1. The van der Waals surface area contributed by atoms with Crippen LogP contribution < -0.4 is 5.32 Å². The van der Waals surface area contributed by atoms with Crippen molar-refractivity contribution in [2.75, 3.05) is 13.1 Å². The van der Waals surface area contributed by atoms with E-state index in [-0.39, 0.29) is 23.4 Å². The largest absolute Gasteiger partial charge is 0.349 e. The Morgan fingerprint density at radius 2 is 1.83 bits per heavy atom. The second-order valence-electron chi connectivity index (χ2n) is 7.54. The summed E-state index contributed by atoms with van der Waals surface area (Å²) in [7, 11) is -3.75. The van der Waals surface area contributed by atoms with E-state index in [1.807, 2.05) is 38.1 Å². The van der Waals surface area contributed by atoms with Crippen LogP contribution in [0.4, 0.5) is 4.39 Å². The lowest BCUT2D eigenvalue weighted by molar-refractivity contribution is -0.126. The smallest absolute Gasteiger partial charge is 0.243 e. The summed E-state index contributed by atoms with van der Waals surface area (Å²) < 4.78 is 40.2. The Balaban J connectivity index is 1.70. The summed E-state index contributed by atoms with van der Waals surface area (Å²) >= 11 is 0. The molecule has 0 radical (unpaired) electrons. The monoisotopic (exact) mass is 418 g/mol. The van der Waals surface area contributed by atoms with Crippen molar-refractivity contribution in [1.82, 2.24) is 9.62 Å². The molecule has 0 saturated carbocycles. The van der Waals surface area contributed by atoms with Gasteiger partial charge < -0.3 is 5.32 Å². The highest BCUT2D eigenvalue weighted by Gasteiger charge is 2.33. The lowest BCUT2D eigenvalue weighted by atomic mass is 9.97. The van der Waals surface area contributed by atoms with Crippen molar-refractivity contribution in [2.45, 2.75) is 44.0 Å². The van der Waals surface area contributed by atoms with Crippen LogP contribution in [0.25, 0.3) is 0 Å². The highest BCUT2D eigenvalue weighted by atomic mass is 32.2. The third-order valence-corrected chi connectivity index (χ3v) is 7.29. The Morgan fingerprint density at radius 1 is 1.17 bits per heavy atom. The number of hydrogen-bond donors (Lipinski definition) is 1. The van der Waals surface area contributed by atoms with Crippen LogP contribution in [0, 0.1) is 18.7 Å². The zero-order chi connectivity index (χ0) is 21.0. The first-order valence-electron chi connectivity index (χ1n) is 9.94. The first-order valence-corrected chi connectivity index (χ1v) is 11.4. The summed E-state index contributed by atoms with van der Waals surface area (Å²) in [5, 5.41) is 3.08. The van der Waals surface area contributed by atoms with Crippen molar-refractivity contribution in [1.29, 1.82) is 0 Å². The minimum Gasteiger partial charge on any atom is -0.349 e. The Bertz CT molecular complexity index is 943. The molecule has 0 aliphatic carbocycles. The van der Waals surface area contributed by atoms with E-state index in [9.17, 15) is 17.6 Å². The molecule has 1 heterocycles. The molecule has 0 bridgehead atoms. The first-order chi connectivity index (χ1) is 13.8. The highest BCUT2D eigenvalue weighted by Crippen LogP contribution is 2.25. The summed E-state index contributed by atoms with van der Waals surface area (Å²) in [6.07, 6.45) is 2.00. The number of hydrogen-bond acceptors (Lipinski definition) is 3. The molecule has 1 saturated heterocycles. The number of nitrogens with one attached hydrogen (secondary N) is 1. The zero-order valence-corrected chi connectivity index (χ0v) is 17.6. The fourth-order valence-electron chi connectivity index (χ4n) is 3.64. The van der Waals surface area contributed by atoms with Gasteiger partial charge in [0, 0.05) is 13.1 Å². The van der Waals surface area contributed by atoms with E-state index in [0.717, 1.165) is 29.7 Å². The average Bonchev–Trinajstić information content (AvgIpc) is 2.73. The quantitative estimate of drug-likeness (QED) is 0.776. The molecule has 7 heteroatoms. The fourth-order valence-corrected chi connectivity index (χ4v) is 5.16. The Labute approximate surface area is 172 Å². The molecular weight excluding hydrogens is 391 g/mol. The Hall–Kier alpha value is -2.25. The molecule has 1 aliphatic heterocycles. The molecule has 0 aromatic heterocycles. The van der Waals surface area contributed by atoms with E-state index < -0.39 is 21.8 Å². The molecule has 156 valence electrons. The molecule has 0 spiro atoms. The molecule has 1 fully saturated rings. The Morgan fingerprint density at radius 3 is 2.45 bits per heavy atom. The molecule has 3 rings (SSSR count). The van der Waals surface area contributed by atoms with Gasteiger partial charge in [-0.3, -0.25) is 4.79 Å². The number of rotatable bonds is 6. The third kappa shape index (κ3) is 5.03. The molecular formula is C22H27FN2O3S. The van der Waals surface area contributed by atoms with Gasteiger partial charge in [-0.2, -0.15) is 4.31 Å². The van der Waals surface area contributed by atoms with Gasteiger partial charge in [0.2, 0.25) is 15.9 Å². The summed E-state index contributed by atoms with van der Waals surface area (Å²) in [4.78, 5) is 12.9. The number of aryl methyl sites for hydroxylation is 1. The summed E-state index contributed by atoms with van der Waals surface area (Å²) in [5.74, 6) is -1.02. The van der Waals surface area contributed by atoms with Gasteiger partial charge in [0.05, 0.1) is 16.9 Å². The number of sulfonamides is 1. The molecule has 2 unspecified atom stereocenters. The number of benzene rings is 2. The minimum absolute atomic E-state index is 0.0473. The van der Waals surface area contributed by atoms with E-state index in [1.165, 1.54) is 16.4 Å². The normalized spacial score (nSPS) is 18.9. The average molecular weight is 419 g/mol. The predicted octanol–water partition coefficient (Wildman–Crippen LogP) is 3.80. The summed E-state index contributed by atoms with van der Waals surface area (Å²) in [6.45, 7) is 4.52. The second kappa shape index (κ2) is 9.05. The minimum atomic E-state index is -3.75. The topological polar surface area (TPSA) is 66.5 Å². The van der Waals surface area contributed by atoms with Gasteiger partial charge >= 0.3 is 0 Å². The van der Waals surface area contributed by atoms with Crippen molar-refractivity contribution < 1.29 is 17.6 Å². The van der Waals surface area contributed by atoms with Crippen LogP contribution >= 0.6 is 0 Å². The summed E-state index contributed by atoms with van der Waals surface area (Å²) in [6, 6.07) is 12.7. The molecule has 1 N–H and O–H groups in total. The maximum absolute atomic E-state index is 13.1. The van der Waals surface area contributed by atoms with E-state index in [2.05, 4.69) is 5.32 Å². The standard InChI is InChI=1S/C22H27FN2O3S/c1-3-21(17-8-6-16(2)7-9-17)24-22(26)18-5-4-14-25(15-18)29(27,28)20-12-10-19(23)11-13-20/h6-13,18,21H,3-5,14-15H2,1-2H3,(H,24,26). The molecule has 1 aliphatic rings. The zero-order valence-electron chi connectivity index (χ0n) is 16.8. The van der Waals surface area contributed by atoms with Gasteiger partial charge in [-0.25, -0.2) is 12.8 Å². The molecule has 1 amide bonds. The van der Waals surface area contributed by atoms with Crippen LogP contribution in [-0.2, 0) is 14.8 Å². The molecule has 2 aromatic rings. The first kappa shape index (κ1) is 21.5. The number of piperidine rings is 1. The van der Waals surface area contributed by atoms with Gasteiger partial charge in [-0.1, -0.05) is 36.8 Å². The summed E-state index contributed by atoms with van der Waals surface area (Å²) in [5.41, 5.74) is 2.20. The molecule has 2 aromatic carbocycles. The number of amides is 1. The highest BCUT2D eigenvalue weighted by molar-refractivity contribution is 7.89. The molecule has 5 nitrogen and oxygen atoms in total. The fraction of sp³-hybridized carbons (Fsp3) is 0.409. The number of nitrogens with zero attached hydrogens (tertiary/aromatic N) is 1. The van der Waals surface area contributed by atoms with Crippen molar-refractivity contribution in [3.63, 3.8) is 0 Å². The van der Waals surface area contributed by atoms with E-state index in [0.29, 0.717) is 19.4 Å². The van der Waals surface area contributed by atoms with Crippen LogP contribution in [0.3, 0.4) is 0 Å². The Kier molecular flexibility index (Phi) is 6.70. The lowest BCUT2D eigenvalue weighted by Crippen LogP contribution is -2.46. The predicted molar refractivity (Wildman–Crippen MR) is 110 cm³/mol. The van der Waals surface area contributed by atoms with Crippen LogP contribution in [-0.4, -0.2) is 31.7 Å². The second-order valence-corrected chi connectivity index (χ2v) is 9.47. The van der Waals surface area contributed by atoms with Crippen LogP contribution in [0.2, 0.25) is 0 Å².